The Balaban J connectivity index is 2.31. The highest BCUT2D eigenvalue weighted by Crippen LogP contribution is 2.43. The van der Waals surface area contributed by atoms with Crippen LogP contribution in [0.1, 0.15) is 11.1 Å². The molecular weight excluding hydrogens is 216 g/mol. The summed E-state index contributed by atoms with van der Waals surface area (Å²) in [5.74, 6) is 0. The fraction of sp³-hybridized carbons (Fsp3) is 0.0769. The molecule has 0 unspecified atom stereocenters. The van der Waals surface area contributed by atoms with Gasteiger partial charge in [-0.05, 0) is 22.8 Å². The molecule has 0 amide bonds. The normalized spacial score (nSPS) is 12.0. The van der Waals surface area contributed by atoms with E-state index in [9.17, 15) is 10.1 Å². The number of nitro groups is 1. The molecule has 0 aliphatic heterocycles. The van der Waals surface area contributed by atoms with Gasteiger partial charge in [-0.1, -0.05) is 30.3 Å². The number of anilines is 1. The predicted octanol–water partition coefficient (Wildman–Crippen LogP) is 2.75. The summed E-state index contributed by atoms with van der Waals surface area (Å²) in [7, 11) is 0. The largest absolute Gasteiger partial charge is 0.393 e. The van der Waals surface area contributed by atoms with Gasteiger partial charge in [0.2, 0.25) is 0 Å². The van der Waals surface area contributed by atoms with Gasteiger partial charge in [0, 0.05) is 12.0 Å². The van der Waals surface area contributed by atoms with Crippen molar-refractivity contribution in [2.45, 2.75) is 6.42 Å². The van der Waals surface area contributed by atoms with Crippen molar-refractivity contribution in [3.05, 3.63) is 57.6 Å². The maximum atomic E-state index is 11.1. The SMILES string of the molecule is Nc1ccc2c(c1[N+](=O)[O-])Cc1ccccc1-2. The Kier molecular flexibility index (Phi) is 1.92. The second-order valence-electron chi connectivity index (χ2n) is 4.12. The molecule has 2 N–H and O–H groups in total. The lowest BCUT2D eigenvalue weighted by Gasteiger charge is -2.03. The van der Waals surface area contributed by atoms with E-state index in [4.69, 9.17) is 5.73 Å². The first-order chi connectivity index (χ1) is 8.18. The van der Waals surface area contributed by atoms with Crippen molar-refractivity contribution in [2.24, 2.45) is 0 Å². The molecule has 1 aliphatic rings. The first kappa shape index (κ1) is 9.84. The number of fused-ring (bicyclic) bond motifs is 3. The van der Waals surface area contributed by atoms with Crippen LogP contribution in [0.15, 0.2) is 36.4 Å². The molecule has 0 fully saturated rings. The minimum absolute atomic E-state index is 0.0544. The van der Waals surface area contributed by atoms with E-state index >= 15 is 0 Å². The minimum atomic E-state index is -0.389. The summed E-state index contributed by atoms with van der Waals surface area (Å²) in [6.07, 6.45) is 0.590. The molecule has 0 radical (unpaired) electrons. The quantitative estimate of drug-likeness (QED) is 0.394. The van der Waals surface area contributed by atoms with E-state index in [1.165, 1.54) is 0 Å². The van der Waals surface area contributed by atoms with Crippen molar-refractivity contribution in [3.63, 3.8) is 0 Å². The van der Waals surface area contributed by atoms with Crippen molar-refractivity contribution in [3.8, 4) is 11.1 Å². The molecule has 0 saturated carbocycles. The van der Waals surface area contributed by atoms with Gasteiger partial charge in [0.15, 0.2) is 0 Å². The van der Waals surface area contributed by atoms with Crippen LogP contribution in [0, 0.1) is 10.1 Å². The molecule has 4 nitrogen and oxygen atoms in total. The van der Waals surface area contributed by atoms with Crippen LogP contribution in [0.4, 0.5) is 11.4 Å². The molecule has 2 aromatic rings. The zero-order chi connectivity index (χ0) is 12.0. The Morgan fingerprint density at radius 1 is 1.12 bits per heavy atom. The fourth-order valence-electron chi connectivity index (χ4n) is 2.43. The van der Waals surface area contributed by atoms with E-state index in [1.54, 1.807) is 6.07 Å². The van der Waals surface area contributed by atoms with Crippen molar-refractivity contribution >= 4 is 11.4 Å². The highest BCUT2D eigenvalue weighted by molar-refractivity contribution is 5.84. The summed E-state index contributed by atoms with van der Waals surface area (Å²) < 4.78 is 0. The standard InChI is InChI=1S/C13H10N2O2/c14-12-6-5-10-9-4-2-1-3-8(9)7-11(10)13(12)15(16)17/h1-6H,7,14H2. The van der Waals surface area contributed by atoms with Gasteiger partial charge in [0.05, 0.1) is 4.92 Å². The van der Waals surface area contributed by atoms with Crippen molar-refractivity contribution in [1.29, 1.82) is 0 Å². The van der Waals surface area contributed by atoms with Crippen LogP contribution in [0.2, 0.25) is 0 Å². The van der Waals surface area contributed by atoms with E-state index in [-0.39, 0.29) is 16.3 Å². The number of nitro benzene ring substituents is 1. The molecule has 0 bridgehead atoms. The summed E-state index contributed by atoms with van der Waals surface area (Å²) in [6.45, 7) is 0. The first-order valence-electron chi connectivity index (χ1n) is 5.32. The van der Waals surface area contributed by atoms with Gasteiger partial charge in [-0.2, -0.15) is 0 Å². The summed E-state index contributed by atoms with van der Waals surface area (Å²) in [5, 5.41) is 11.1. The number of hydrogen-bond donors (Lipinski definition) is 1. The first-order valence-corrected chi connectivity index (χ1v) is 5.32. The van der Waals surface area contributed by atoms with Gasteiger partial charge >= 0.3 is 0 Å². The molecule has 0 spiro atoms. The minimum Gasteiger partial charge on any atom is -0.393 e. The van der Waals surface area contributed by atoms with Crippen molar-refractivity contribution < 1.29 is 4.92 Å². The maximum absolute atomic E-state index is 11.1. The van der Waals surface area contributed by atoms with Crippen LogP contribution in [-0.4, -0.2) is 4.92 Å². The molecule has 0 atom stereocenters. The highest BCUT2D eigenvalue weighted by Gasteiger charge is 2.28. The molecule has 0 heterocycles. The number of hydrogen-bond acceptors (Lipinski definition) is 3. The molecular formula is C13H10N2O2. The smallest absolute Gasteiger partial charge is 0.296 e. The zero-order valence-electron chi connectivity index (χ0n) is 9.01. The van der Waals surface area contributed by atoms with E-state index < -0.39 is 0 Å². The maximum Gasteiger partial charge on any atom is 0.296 e. The average molecular weight is 226 g/mol. The van der Waals surface area contributed by atoms with Crippen LogP contribution in [-0.2, 0) is 6.42 Å². The summed E-state index contributed by atoms with van der Waals surface area (Å²) >= 11 is 0. The zero-order valence-corrected chi connectivity index (χ0v) is 9.01. The topological polar surface area (TPSA) is 69.2 Å². The monoisotopic (exact) mass is 226 g/mol. The lowest BCUT2D eigenvalue weighted by molar-refractivity contribution is -0.384. The van der Waals surface area contributed by atoms with Crippen LogP contribution in [0.5, 0.6) is 0 Å². The molecule has 17 heavy (non-hydrogen) atoms. The number of nitrogen functional groups attached to an aromatic ring is 1. The second-order valence-corrected chi connectivity index (χ2v) is 4.12. The molecule has 2 aromatic carbocycles. The van der Waals surface area contributed by atoms with Gasteiger partial charge < -0.3 is 5.73 Å². The van der Waals surface area contributed by atoms with E-state index in [2.05, 4.69) is 0 Å². The van der Waals surface area contributed by atoms with Crippen LogP contribution >= 0.6 is 0 Å². The third kappa shape index (κ3) is 1.30. The summed E-state index contributed by atoms with van der Waals surface area (Å²) in [4.78, 5) is 10.7. The Labute approximate surface area is 97.8 Å². The van der Waals surface area contributed by atoms with Gasteiger partial charge in [-0.3, -0.25) is 10.1 Å². The predicted molar refractivity (Wildman–Crippen MR) is 65.8 cm³/mol. The molecule has 0 aromatic heterocycles. The van der Waals surface area contributed by atoms with Crippen LogP contribution in [0.3, 0.4) is 0 Å². The third-order valence-corrected chi connectivity index (χ3v) is 3.17. The lowest BCUT2D eigenvalue weighted by atomic mass is 10.0. The Hall–Kier alpha value is -2.36. The molecule has 4 heteroatoms. The lowest BCUT2D eigenvalue weighted by Crippen LogP contribution is -1.99. The molecule has 84 valence electrons. The van der Waals surface area contributed by atoms with Gasteiger partial charge in [-0.25, -0.2) is 0 Å². The fourth-order valence-corrected chi connectivity index (χ4v) is 2.43. The highest BCUT2D eigenvalue weighted by atomic mass is 16.6. The third-order valence-electron chi connectivity index (χ3n) is 3.17. The molecule has 1 aliphatic carbocycles. The van der Waals surface area contributed by atoms with Crippen molar-refractivity contribution in [1.82, 2.24) is 0 Å². The summed E-state index contributed by atoms with van der Waals surface area (Å²) in [6, 6.07) is 11.3. The summed E-state index contributed by atoms with van der Waals surface area (Å²) in [5.41, 5.74) is 9.84. The number of nitrogens with two attached hydrogens (primary N) is 1. The van der Waals surface area contributed by atoms with E-state index in [0.29, 0.717) is 6.42 Å². The Bertz CT molecular complexity index is 635. The number of rotatable bonds is 1. The van der Waals surface area contributed by atoms with Crippen molar-refractivity contribution in [2.75, 3.05) is 5.73 Å². The Morgan fingerprint density at radius 3 is 2.65 bits per heavy atom. The van der Waals surface area contributed by atoms with Gasteiger partial charge in [-0.15, -0.1) is 0 Å². The van der Waals surface area contributed by atoms with Crippen LogP contribution < -0.4 is 5.73 Å². The molecule has 3 rings (SSSR count). The van der Waals surface area contributed by atoms with Gasteiger partial charge in [0.25, 0.3) is 5.69 Å². The number of benzene rings is 2. The van der Waals surface area contributed by atoms with E-state index in [1.807, 2.05) is 30.3 Å². The Morgan fingerprint density at radius 2 is 1.88 bits per heavy atom. The molecule has 0 saturated heterocycles. The van der Waals surface area contributed by atoms with E-state index in [0.717, 1.165) is 22.3 Å². The number of nitrogens with zero attached hydrogens (tertiary/aromatic N) is 1. The second kappa shape index (κ2) is 3.31. The van der Waals surface area contributed by atoms with Gasteiger partial charge in [0.1, 0.15) is 5.69 Å². The van der Waals surface area contributed by atoms with Crippen LogP contribution in [0.25, 0.3) is 11.1 Å². The average Bonchev–Trinajstić information content (AvgIpc) is 2.66.